The predicted octanol–water partition coefficient (Wildman–Crippen LogP) is 10.7. The number of carbonyl (C=O) groups excluding carboxylic acids is 1. The van der Waals surface area contributed by atoms with Crippen LogP contribution in [0.25, 0.3) is 44.1 Å². The number of aryl methyl sites for hydroxylation is 2. The van der Waals surface area contributed by atoms with Crippen molar-refractivity contribution in [3.8, 4) is 11.3 Å². The Morgan fingerprint density at radius 3 is 2.20 bits per heavy atom. The Morgan fingerprint density at radius 1 is 0.909 bits per heavy atom. The number of rotatable bonds is 7. The summed E-state index contributed by atoms with van der Waals surface area (Å²) < 4.78 is 6.42. The first kappa shape index (κ1) is 33.6. The molecule has 233 valence electrons. The Balaban J connectivity index is 0.000000239. The Hall–Kier alpha value is -3.27. The maximum atomic E-state index is 11.7. The van der Waals surface area contributed by atoms with Gasteiger partial charge in [0.05, 0.1) is 16.9 Å². The second-order valence-electron chi connectivity index (χ2n) is 12.5. The number of furan rings is 1. The molecule has 4 nitrogen and oxygen atoms in total. The summed E-state index contributed by atoms with van der Waals surface area (Å²) in [4.78, 5) is 16.8. The van der Waals surface area contributed by atoms with Crippen LogP contribution in [-0.2, 0) is 30.3 Å². The number of aliphatic hydroxyl groups is 1. The molecule has 2 aromatic heterocycles. The molecule has 1 radical (unpaired) electrons. The minimum atomic E-state index is -0.199. The van der Waals surface area contributed by atoms with Crippen molar-refractivity contribution in [3.05, 3.63) is 88.7 Å². The molecule has 1 N–H and O–H groups in total. The molecular weight excluding hydrogens is 723 g/mol. The summed E-state index contributed by atoms with van der Waals surface area (Å²) in [7, 11) is 0. The monoisotopic (exact) mass is 767 g/mol. The third kappa shape index (κ3) is 5.77. The summed E-state index contributed by atoms with van der Waals surface area (Å²) in [6, 6.07) is 20.7. The maximum absolute atomic E-state index is 11.7. The number of allylic oxidation sites excluding steroid dienone is 2. The molecule has 3 aromatic carbocycles. The summed E-state index contributed by atoms with van der Waals surface area (Å²) in [6.07, 6.45) is 4.91. The van der Waals surface area contributed by atoms with Gasteiger partial charge in [0.1, 0.15) is 5.58 Å². The number of aromatic nitrogens is 1. The third-order valence-electron chi connectivity index (χ3n) is 9.47. The van der Waals surface area contributed by atoms with Crippen molar-refractivity contribution < 1.29 is 34.4 Å². The molecule has 5 heteroatoms. The van der Waals surface area contributed by atoms with Crippen molar-refractivity contribution in [2.24, 2.45) is 11.8 Å². The van der Waals surface area contributed by atoms with E-state index in [1.54, 1.807) is 0 Å². The molecule has 6 rings (SSSR count). The zero-order chi connectivity index (χ0) is 31.1. The smallest absolute Gasteiger partial charge is 0.162 e. The van der Waals surface area contributed by atoms with Crippen LogP contribution in [-0.4, -0.2) is 15.9 Å². The van der Waals surface area contributed by atoms with E-state index in [0.29, 0.717) is 0 Å². The quantitative estimate of drug-likeness (QED) is 0.102. The van der Waals surface area contributed by atoms with Gasteiger partial charge in [-0.1, -0.05) is 101 Å². The summed E-state index contributed by atoms with van der Waals surface area (Å²) in [5.74, 6) is 0.547. The minimum absolute atomic E-state index is 0. The van der Waals surface area contributed by atoms with Gasteiger partial charge in [-0.3, -0.25) is 9.78 Å². The molecule has 0 unspecified atom stereocenters. The summed E-state index contributed by atoms with van der Waals surface area (Å²) in [5, 5.41) is 13.3. The molecule has 0 saturated carbocycles. The molecule has 0 bridgehead atoms. The number of hydrogen-bond donors (Lipinski definition) is 1. The zero-order valence-corrected chi connectivity index (χ0v) is 29.6. The minimum Gasteiger partial charge on any atom is -0.512 e. The molecule has 0 aliphatic heterocycles. The summed E-state index contributed by atoms with van der Waals surface area (Å²) >= 11 is 0. The van der Waals surface area contributed by atoms with Gasteiger partial charge in [0, 0.05) is 43.4 Å². The molecule has 2 heterocycles. The van der Waals surface area contributed by atoms with Gasteiger partial charge in [-0.25, -0.2) is 0 Å². The predicted molar refractivity (Wildman–Crippen MR) is 179 cm³/mol. The standard InChI is InChI=1S/C26H20NO.C13H24O2.Ir/c1-14-9-11-17-21-22-18(12-10-15(2)25(22)28-24(14)21)26(3,4)19-13-16-7-5-6-8-20(16)27-23(17)19;1-5-10(6-2)12(14)9-13(15)11(7-3)8-4;/h5-10,12-13H,1-4H3;9-11,14H,5-8H2,1-4H3;/q-1;;/b;12-9-;. The molecule has 0 spiro atoms. The SMILES string of the molecule is CCC(CC)C(=O)/C=C(\O)C(CC)CC.Cc1c[c-]c2c3c1oc1c(C)ccc(c13)C(C)(C)c1cc3ccccc3nc1-2.[Ir]. The van der Waals surface area contributed by atoms with Gasteiger partial charge < -0.3 is 9.52 Å². The fourth-order valence-electron chi connectivity index (χ4n) is 6.58. The van der Waals surface area contributed by atoms with E-state index in [9.17, 15) is 9.90 Å². The van der Waals surface area contributed by atoms with Crippen molar-refractivity contribution >= 4 is 38.6 Å². The van der Waals surface area contributed by atoms with Crippen LogP contribution in [0.15, 0.2) is 64.8 Å². The van der Waals surface area contributed by atoms with Crippen molar-refractivity contribution in [3.63, 3.8) is 0 Å². The van der Waals surface area contributed by atoms with Crippen LogP contribution in [0.2, 0.25) is 0 Å². The van der Waals surface area contributed by atoms with E-state index in [0.717, 1.165) is 64.6 Å². The Labute approximate surface area is 275 Å². The van der Waals surface area contributed by atoms with E-state index in [1.165, 1.54) is 33.5 Å². The molecular formula is C39H44IrNO3-. The van der Waals surface area contributed by atoms with Crippen LogP contribution in [0, 0.1) is 31.7 Å². The first-order valence-electron chi connectivity index (χ1n) is 15.8. The second kappa shape index (κ2) is 13.4. The number of carbonyl (C=O) groups is 1. The van der Waals surface area contributed by atoms with Crippen LogP contribution in [0.3, 0.4) is 0 Å². The molecule has 5 aromatic rings. The van der Waals surface area contributed by atoms with E-state index >= 15 is 0 Å². The van der Waals surface area contributed by atoms with E-state index in [2.05, 4.69) is 70.2 Å². The number of benzene rings is 3. The first-order valence-corrected chi connectivity index (χ1v) is 15.8. The van der Waals surface area contributed by atoms with E-state index in [4.69, 9.17) is 9.40 Å². The first-order chi connectivity index (χ1) is 20.6. The van der Waals surface area contributed by atoms with Crippen molar-refractivity contribution in [1.29, 1.82) is 0 Å². The van der Waals surface area contributed by atoms with Gasteiger partial charge in [0.15, 0.2) is 5.78 Å². The van der Waals surface area contributed by atoms with Gasteiger partial charge in [-0.15, -0.1) is 17.7 Å². The fraction of sp³-hybridized carbons (Fsp3) is 0.385. The average molecular weight is 767 g/mol. The number of para-hydroxylation sites is 1. The fourth-order valence-corrected chi connectivity index (χ4v) is 6.58. The number of hydrogen-bond acceptors (Lipinski definition) is 4. The van der Waals surface area contributed by atoms with Crippen LogP contribution in [0.5, 0.6) is 0 Å². The maximum Gasteiger partial charge on any atom is 0.162 e. The van der Waals surface area contributed by atoms with Gasteiger partial charge in [-0.2, -0.15) is 0 Å². The van der Waals surface area contributed by atoms with Crippen LogP contribution in [0.1, 0.15) is 89.5 Å². The molecule has 0 saturated heterocycles. The van der Waals surface area contributed by atoms with E-state index < -0.39 is 0 Å². The molecule has 1 aliphatic rings. The Morgan fingerprint density at radius 2 is 1.55 bits per heavy atom. The van der Waals surface area contributed by atoms with E-state index in [-0.39, 0.29) is 48.9 Å². The largest absolute Gasteiger partial charge is 0.512 e. The number of pyridine rings is 1. The Bertz CT molecular complexity index is 1850. The van der Waals surface area contributed by atoms with Gasteiger partial charge in [0.2, 0.25) is 0 Å². The average Bonchev–Trinajstić information content (AvgIpc) is 3.38. The van der Waals surface area contributed by atoms with E-state index in [1.807, 2.05) is 39.8 Å². The van der Waals surface area contributed by atoms with Gasteiger partial charge in [0.25, 0.3) is 0 Å². The summed E-state index contributed by atoms with van der Waals surface area (Å²) in [6.45, 7) is 16.9. The number of nitrogens with zero attached hydrogens (tertiary/aromatic N) is 1. The topological polar surface area (TPSA) is 63.3 Å². The van der Waals surface area contributed by atoms with Crippen molar-refractivity contribution in [2.75, 3.05) is 0 Å². The van der Waals surface area contributed by atoms with Gasteiger partial charge in [-0.05, 0) is 66.3 Å². The molecule has 0 amide bonds. The van der Waals surface area contributed by atoms with Crippen LogP contribution < -0.4 is 0 Å². The van der Waals surface area contributed by atoms with Crippen LogP contribution >= 0.6 is 0 Å². The third-order valence-corrected chi connectivity index (χ3v) is 9.47. The summed E-state index contributed by atoms with van der Waals surface area (Å²) in [5.41, 5.74) is 9.65. The number of aliphatic hydroxyl groups excluding tert-OH is 1. The number of fused-ring (bicyclic) bond motifs is 3. The van der Waals surface area contributed by atoms with Crippen molar-refractivity contribution in [2.45, 2.75) is 86.5 Å². The zero-order valence-electron chi connectivity index (χ0n) is 27.2. The number of ketones is 1. The second-order valence-corrected chi connectivity index (χ2v) is 12.5. The van der Waals surface area contributed by atoms with Gasteiger partial charge >= 0.3 is 0 Å². The molecule has 0 fully saturated rings. The molecule has 1 aliphatic carbocycles. The van der Waals surface area contributed by atoms with Crippen molar-refractivity contribution in [1.82, 2.24) is 4.98 Å². The normalized spacial score (nSPS) is 13.6. The molecule has 0 atom stereocenters. The van der Waals surface area contributed by atoms with Crippen LogP contribution in [0.4, 0.5) is 0 Å². The molecule has 44 heavy (non-hydrogen) atoms. The Kier molecular flexibility index (Phi) is 10.2.